The van der Waals surface area contributed by atoms with E-state index in [1.54, 1.807) is 0 Å². The molecule has 0 amide bonds. The highest BCUT2D eigenvalue weighted by Crippen LogP contribution is 2.41. The number of fused-ring (bicyclic) bond motifs is 1. The van der Waals surface area contributed by atoms with Gasteiger partial charge in [-0.2, -0.15) is 0 Å². The van der Waals surface area contributed by atoms with Gasteiger partial charge in [-0.1, -0.05) is 73.3 Å². The molecule has 3 nitrogen and oxygen atoms in total. The zero-order valence-electron chi connectivity index (χ0n) is 15.6. The van der Waals surface area contributed by atoms with Crippen molar-refractivity contribution < 1.29 is 9.90 Å². The van der Waals surface area contributed by atoms with Gasteiger partial charge in [-0.25, -0.2) is 0 Å². The van der Waals surface area contributed by atoms with Crippen molar-refractivity contribution in [3.05, 3.63) is 69.2 Å². The number of rotatable bonds is 5. The van der Waals surface area contributed by atoms with E-state index in [-0.39, 0.29) is 6.04 Å². The molecule has 5 heteroatoms. The van der Waals surface area contributed by atoms with Gasteiger partial charge in [-0.15, -0.1) is 0 Å². The highest BCUT2D eigenvalue weighted by molar-refractivity contribution is 6.42. The summed E-state index contributed by atoms with van der Waals surface area (Å²) in [6.45, 7) is 2.06. The number of carboxylic acids is 1. The zero-order chi connectivity index (χ0) is 19.8. The largest absolute Gasteiger partial charge is 0.481 e. The molecule has 2 aromatic carbocycles. The summed E-state index contributed by atoms with van der Waals surface area (Å²) in [5, 5.41) is 9.36. The van der Waals surface area contributed by atoms with E-state index in [2.05, 4.69) is 37.3 Å². The highest BCUT2D eigenvalue weighted by atomic mass is 35.5. The van der Waals surface area contributed by atoms with Crippen LogP contribution in [0.25, 0.3) is 0 Å². The molecule has 0 unspecified atom stereocenters. The molecule has 146 valence electrons. The van der Waals surface area contributed by atoms with Crippen LogP contribution in [0.5, 0.6) is 0 Å². The van der Waals surface area contributed by atoms with Crippen LogP contribution in [0.2, 0.25) is 10.0 Å². The molecule has 1 aliphatic carbocycles. The van der Waals surface area contributed by atoms with Crippen LogP contribution < -0.4 is 5.73 Å². The maximum absolute atomic E-state index is 9.87. The Morgan fingerprint density at radius 2 is 1.78 bits per heavy atom. The normalized spacial score (nSPS) is 18.2. The number of aliphatic carboxylic acids is 1. The van der Waals surface area contributed by atoms with Gasteiger partial charge in [0.1, 0.15) is 0 Å². The number of benzene rings is 2. The summed E-state index contributed by atoms with van der Waals surface area (Å²) in [5.41, 5.74) is 9.98. The van der Waals surface area contributed by atoms with Gasteiger partial charge in [-0.05, 0) is 48.1 Å². The van der Waals surface area contributed by atoms with Crippen molar-refractivity contribution in [2.45, 2.75) is 57.4 Å². The third-order valence-electron chi connectivity index (χ3n) is 4.88. The number of carboxylic acid groups (broad SMARTS) is 1. The standard InChI is InChI=1S/C16H15Cl2N.C6H12O2/c17-14-7-5-10(9-15(14)18)11-6-8-16(19)13-4-2-1-3-12(11)13;1-2-3-4-5-6(7)8/h1-5,7,9,11,16H,6,8,19H2;2-5H2,1H3,(H,7,8)/t11-,16-;/m0./s1. The predicted molar refractivity (Wildman–Crippen MR) is 113 cm³/mol. The van der Waals surface area contributed by atoms with Crippen molar-refractivity contribution in [1.29, 1.82) is 0 Å². The van der Waals surface area contributed by atoms with Crippen LogP contribution >= 0.6 is 23.2 Å². The smallest absolute Gasteiger partial charge is 0.303 e. The molecule has 3 rings (SSSR count). The topological polar surface area (TPSA) is 63.3 Å². The van der Waals surface area contributed by atoms with Gasteiger partial charge in [0.2, 0.25) is 0 Å². The Morgan fingerprint density at radius 3 is 2.41 bits per heavy atom. The predicted octanol–water partition coefficient (Wildman–Crippen LogP) is 6.57. The monoisotopic (exact) mass is 407 g/mol. The Hall–Kier alpha value is -1.55. The fourth-order valence-corrected chi connectivity index (χ4v) is 3.73. The Kier molecular flexibility index (Phi) is 8.62. The quantitative estimate of drug-likeness (QED) is 0.550. The van der Waals surface area contributed by atoms with Gasteiger partial charge in [0.05, 0.1) is 10.0 Å². The van der Waals surface area contributed by atoms with E-state index in [1.165, 1.54) is 16.7 Å². The van der Waals surface area contributed by atoms with Gasteiger partial charge in [-0.3, -0.25) is 4.79 Å². The Labute approximate surface area is 171 Å². The second-order valence-electron chi connectivity index (χ2n) is 6.89. The Morgan fingerprint density at radius 1 is 1.07 bits per heavy atom. The maximum atomic E-state index is 9.87. The lowest BCUT2D eigenvalue weighted by molar-refractivity contribution is -0.137. The molecule has 0 aliphatic heterocycles. The molecule has 2 aromatic rings. The lowest BCUT2D eigenvalue weighted by Gasteiger charge is -2.30. The first kappa shape index (κ1) is 21.7. The van der Waals surface area contributed by atoms with Crippen LogP contribution in [-0.4, -0.2) is 11.1 Å². The number of hydrogen-bond acceptors (Lipinski definition) is 2. The third-order valence-corrected chi connectivity index (χ3v) is 5.62. The van der Waals surface area contributed by atoms with Crippen molar-refractivity contribution >= 4 is 29.2 Å². The molecular weight excluding hydrogens is 381 g/mol. The second-order valence-corrected chi connectivity index (χ2v) is 7.70. The maximum Gasteiger partial charge on any atom is 0.303 e. The van der Waals surface area contributed by atoms with Crippen LogP contribution in [0.4, 0.5) is 0 Å². The Bertz CT molecular complexity index is 764. The Balaban J connectivity index is 0.000000279. The van der Waals surface area contributed by atoms with Gasteiger partial charge in [0, 0.05) is 18.4 Å². The molecule has 0 aromatic heterocycles. The van der Waals surface area contributed by atoms with Crippen LogP contribution in [-0.2, 0) is 4.79 Å². The molecule has 0 saturated heterocycles. The summed E-state index contributed by atoms with van der Waals surface area (Å²) in [5.74, 6) is -0.316. The lowest BCUT2D eigenvalue weighted by atomic mass is 9.77. The van der Waals surface area contributed by atoms with Crippen molar-refractivity contribution in [2.75, 3.05) is 0 Å². The summed E-state index contributed by atoms with van der Waals surface area (Å²) >= 11 is 12.1. The van der Waals surface area contributed by atoms with Gasteiger partial charge in [0.15, 0.2) is 0 Å². The number of unbranched alkanes of at least 4 members (excludes halogenated alkanes) is 2. The van der Waals surface area contributed by atoms with Gasteiger partial charge in [0.25, 0.3) is 0 Å². The number of hydrogen-bond donors (Lipinski definition) is 2. The minimum absolute atomic E-state index is 0.148. The summed E-state index contributed by atoms with van der Waals surface area (Å²) in [7, 11) is 0. The molecule has 0 radical (unpaired) electrons. The first-order valence-corrected chi connectivity index (χ1v) is 10.2. The van der Waals surface area contributed by atoms with Crippen LogP contribution in [0.15, 0.2) is 42.5 Å². The summed E-state index contributed by atoms with van der Waals surface area (Å²) in [6, 6.07) is 14.5. The van der Waals surface area contributed by atoms with E-state index in [0.717, 1.165) is 32.1 Å². The van der Waals surface area contributed by atoms with Crippen molar-refractivity contribution in [3.63, 3.8) is 0 Å². The molecule has 1 aliphatic rings. The minimum atomic E-state index is -0.682. The molecule has 2 atom stereocenters. The molecule has 0 fully saturated rings. The fourth-order valence-electron chi connectivity index (χ4n) is 3.42. The SMILES string of the molecule is CCCCCC(=O)O.N[C@H]1CC[C@@H](c2ccc(Cl)c(Cl)c2)c2ccccc21. The molecule has 0 heterocycles. The van der Waals surface area contributed by atoms with Gasteiger partial charge >= 0.3 is 5.97 Å². The first-order chi connectivity index (χ1) is 12.9. The molecular formula is C22H27Cl2NO2. The second kappa shape index (κ2) is 10.7. The van der Waals surface area contributed by atoms with Crippen molar-refractivity contribution in [2.24, 2.45) is 5.73 Å². The van der Waals surface area contributed by atoms with Crippen molar-refractivity contribution in [3.8, 4) is 0 Å². The summed E-state index contributed by atoms with van der Waals surface area (Å²) in [6.07, 6.45) is 5.33. The van der Waals surface area contributed by atoms with Crippen molar-refractivity contribution in [1.82, 2.24) is 0 Å². The fraction of sp³-hybridized carbons (Fsp3) is 0.409. The number of halogens is 2. The van der Waals surface area contributed by atoms with E-state index >= 15 is 0 Å². The molecule has 0 saturated carbocycles. The van der Waals surface area contributed by atoms with Crippen LogP contribution in [0.1, 0.15) is 74.1 Å². The zero-order valence-corrected chi connectivity index (χ0v) is 17.1. The molecule has 27 heavy (non-hydrogen) atoms. The van der Waals surface area contributed by atoms with E-state index in [0.29, 0.717) is 22.4 Å². The van der Waals surface area contributed by atoms with E-state index < -0.39 is 5.97 Å². The van der Waals surface area contributed by atoms with E-state index in [1.807, 2.05) is 12.1 Å². The van der Waals surface area contributed by atoms with Gasteiger partial charge < -0.3 is 10.8 Å². The molecule has 0 bridgehead atoms. The summed E-state index contributed by atoms with van der Waals surface area (Å²) in [4.78, 5) is 9.87. The molecule has 3 N–H and O–H groups in total. The first-order valence-electron chi connectivity index (χ1n) is 9.45. The van der Waals surface area contributed by atoms with E-state index in [4.69, 9.17) is 34.0 Å². The highest BCUT2D eigenvalue weighted by Gasteiger charge is 2.26. The summed E-state index contributed by atoms with van der Waals surface area (Å²) < 4.78 is 0. The average Bonchev–Trinajstić information content (AvgIpc) is 2.65. The van der Waals surface area contributed by atoms with E-state index in [9.17, 15) is 4.79 Å². The number of carbonyl (C=O) groups is 1. The minimum Gasteiger partial charge on any atom is -0.481 e. The molecule has 0 spiro atoms. The van der Waals surface area contributed by atoms with Crippen LogP contribution in [0.3, 0.4) is 0 Å². The lowest BCUT2D eigenvalue weighted by Crippen LogP contribution is -2.20. The third kappa shape index (κ3) is 6.24. The van der Waals surface area contributed by atoms with Crippen LogP contribution in [0, 0.1) is 0 Å². The number of nitrogens with two attached hydrogens (primary N) is 1. The average molecular weight is 408 g/mol.